The molecule has 106 valence electrons. The van der Waals surface area contributed by atoms with Gasteiger partial charge in [0.2, 0.25) is 0 Å². The summed E-state index contributed by atoms with van der Waals surface area (Å²) < 4.78 is 11.6. The van der Waals surface area contributed by atoms with E-state index in [9.17, 15) is 0 Å². The maximum atomic E-state index is 6.14. The van der Waals surface area contributed by atoms with E-state index in [1.165, 1.54) is 0 Å². The highest BCUT2D eigenvalue weighted by Gasteiger charge is 2.46. The molecule has 0 spiro atoms. The number of hydrogen-bond acceptors (Lipinski definition) is 4. The molecule has 0 amide bonds. The summed E-state index contributed by atoms with van der Waals surface area (Å²) in [5, 5.41) is 0. The third-order valence-electron chi connectivity index (χ3n) is 4.78. The fourth-order valence-electron chi connectivity index (χ4n) is 3.65. The van der Waals surface area contributed by atoms with E-state index in [0.29, 0.717) is 18.7 Å². The highest BCUT2D eigenvalue weighted by Crippen LogP contribution is 2.38. The van der Waals surface area contributed by atoms with E-state index in [4.69, 9.17) is 15.2 Å². The van der Waals surface area contributed by atoms with Gasteiger partial charge in [-0.3, -0.25) is 4.90 Å². The Hall–Kier alpha value is -0.160. The van der Waals surface area contributed by atoms with Crippen molar-refractivity contribution in [2.75, 3.05) is 26.8 Å². The second-order valence-corrected chi connectivity index (χ2v) is 6.51. The number of nitrogens with zero attached hydrogens (tertiary/aromatic N) is 1. The Balaban J connectivity index is 2.15. The summed E-state index contributed by atoms with van der Waals surface area (Å²) in [6.45, 7) is 8.87. The molecule has 0 aliphatic carbocycles. The molecular formula is C14H28N2O2. The molecule has 4 nitrogen and oxygen atoms in total. The van der Waals surface area contributed by atoms with Crippen molar-refractivity contribution in [3.05, 3.63) is 0 Å². The van der Waals surface area contributed by atoms with Gasteiger partial charge in [-0.25, -0.2) is 0 Å². The predicted octanol–water partition coefficient (Wildman–Crippen LogP) is 1.38. The Morgan fingerprint density at radius 1 is 1.33 bits per heavy atom. The summed E-state index contributed by atoms with van der Waals surface area (Å²) >= 11 is 0. The van der Waals surface area contributed by atoms with Crippen LogP contribution in [0.15, 0.2) is 0 Å². The van der Waals surface area contributed by atoms with E-state index < -0.39 is 0 Å². The van der Waals surface area contributed by atoms with E-state index in [2.05, 4.69) is 32.7 Å². The number of likely N-dealkylation sites (N-methyl/N-ethyl adjacent to an activating group) is 1. The minimum atomic E-state index is -0.0748. The van der Waals surface area contributed by atoms with Crippen molar-refractivity contribution in [2.45, 2.75) is 63.3 Å². The van der Waals surface area contributed by atoms with Gasteiger partial charge >= 0.3 is 0 Å². The molecule has 0 aromatic rings. The van der Waals surface area contributed by atoms with E-state index >= 15 is 0 Å². The topological polar surface area (TPSA) is 47.7 Å². The van der Waals surface area contributed by atoms with Gasteiger partial charge in [0.15, 0.2) is 0 Å². The Morgan fingerprint density at radius 2 is 2.06 bits per heavy atom. The van der Waals surface area contributed by atoms with Crippen LogP contribution >= 0.6 is 0 Å². The zero-order valence-electron chi connectivity index (χ0n) is 12.2. The molecule has 2 fully saturated rings. The molecule has 2 N–H and O–H groups in total. The fraction of sp³-hybridized carbons (Fsp3) is 1.00. The van der Waals surface area contributed by atoms with Crippen molar-refractivity contribution in [3.63, 3.8) is 0 Å². The lowest BCUT2D eigenvalue weighted by Gasteiger charge is -2.51. The van der Waals surface area contributed by atoms with Crippen molar-refractivity contribution in [1.29, 1.82) is 0 Å². The van der Waals surface area contributed by atoms with Crippen LogP contribution in [-0.2, 0) is 9.47 Å². The van der Waals surface area contributed by atoms with E-state index in [1.807, 2.05) is 0 Å². The lowest BCUT2D eigenvalue weighted by Crippen LogP contribution is -2.62. The molecular weight excluding hydrogens is 228 g/mol. The third-order valence-corrected chi connectivity index (χ3v) is 4.78. The van der Waals surface area contributed by atoms with Crippen LogP contribution in [0.1, 0.15) is 40.0 Å². The van der Waals surface area contributed by atoms with E-state index in [-0.39, 0.29) is 11.1 Å². The van der Waals surface area contributed by atoms with Crippen LogP contribution in [0.2, 0.25) is 0 Å². The summed E-state index contributed by atoms with van der Waals surface area (Å²) in [6, 6.07) is 0.488. The first-order valence-electron chi connectivity index (χ1n) is 7.09. The first kappa shape index (κ1) is 14.3. The number of hydrogen-bond donors (Lipinski definition) is 1. The van der Waals surface area contributed by atoms with Gasteiger partial charge in [-0.2, -0.15) is 0 Å². The van der Waals surface area contributed by atoms with Crippen LogP contribution in [-0.4, -0.2) is 55.0 Å². The Kier molecular flexibility index (Phi) is 4.02. The quantitative estimate of drug-likeness (QED) is 0.829. The summed E-state index contributed by atoms with van der Waals surface area (Å²) in [4.78, 5) is 2.48. The maximum Gasteiger partial charge on any atom is 0.0703 e. The van der Waals surface area contributed by atoms with Gasteiger partial charge in [0.1, 0.15) is 0 Å². The standard InChI is InChI=1S/C14H28N2O2/c1-11-12(5-7-17-11)16(4)14(10-15)6-8-18-13(2,3)9-14/h11-12H,5-10,15H2,1-4H3. The first-order valence-corrected chi connectivity index (χ1v) is 7.09. The van der Waals surface area contributed by atoms with Crippen molar-refractivity contribution >= 4 is 0 Å². The molecule has 2 aliphatic heterocycles. The van der Waals surface area contributed by atoms with Gasteiger partial charge in [-0.05, 0) is 47.1 Å². The molecule has 3 unspecified atom stereocenters. The average Bonchev–Trinajstić information content (AvgIpc) is 2.73. The Bertz CT molecular complexity index is 296. The highest BCUT2D eigenvalue weighted by atomic mass is 16.5. The summed E-state index contributed by atoms with van der Waals surface area (Å²) in [6.07, 6.45) is 3.44. The predicted molar refractivity (Wildman–Crippen MR) is 72.6 cm³/mol. The van der Waals surface area contributed by atoms with Crippen LogP contribution in [0.3, 0.4) is 0 Å². The molecule has 2 rings (SSSR count). The van der Waals surface area contributed by atoms with Crippen molar-refractivity contribution < 1.29 is 9.47 Å². The maximum absolute atomic E-state index is 6.14. The molecule has 2 aliphatic rings. The molecule has 0 aromatic carbocycles. The molecule has 0 radical (unpaired) electrons. The second-order valence-electron chi connectivity index (χ2n) is 6.51. The van der Waals surface area contributed by atoms with E-state index in [0.717, 1.165) is 32.5 Å². The summed E-state index contributed by atoms with van der Waals surface area (Å²) in [7, 11) is 2.21. The molecule has 18 heavy (non-hydrogen) atoms. The zero-order chi connectivity index (χ0) is 13.4. The number of nitrogens with two attached hydrogens (primary N) is 1. The van der Waals surface area contributed by atoms with Crippen LogP contribution in [0.5, 0.6) is 0 Å². The normalized spacial score (nSPS) is 40.3. The van der Waals surface area contributed by atoms with Gasteiger partial charge in [-0.15, -0.1) is 0 Å². The lowest BCUT2D eigenvalue weighted by atomic mass is 9.79. The molecule has 0 aromatic heterocycles. The van der Waals surface area contributed by atoms with Crippen LogP contribution in [0.25, 0.3) is 0 Å². The molecule has 4 heteroatoms. The fourth-order valence-corrected chi connectivity index (χ4v) is 3.65. The SMILES string of the molecule is CC1OCCC1N(C)C1(CN)CCOC(C)(C)C1. The van der Waals surface area contributed by atoms with Gasteiger partial charge in [-0.1, -0.05) is 0 Å². The average molecular weight is 256 g/mol. The lowest BCUT2D eigenvalue weighted by molar-refractivity contribution is -0.124. The largest absolute Gasteiger partial charge is 0.377 e. The van der Waals surface area contributed by atoms with E-state index in [1.54, 1.807) is 0 Å². The molecule has 0 saturated carbocycles. The number of ether oxygens (including phenoxy) is 2. The van der Waals surface area contributed by atoms with Crippen molar-refractivity contribution in [2.24, 2.45) is 5.73 Å². The summed E-state index contributed by atoms with van der Waals surface area (Å²) in [5.74, 6) is 0. The second kappa shape index (κ2) is 5.08. The van der Waals surface area contributed by atoms with Crippen LogP contribution in [0.4, 0.5) is 0 Å². The minimum absolute atomic E-state index is 0.0639. The van der Waals surface area contributed by atoms with Gasteiger partial charge in [0.05, 0.1) is 11.7 Å². The minimum Gasteiger partial charge on any atom is -0.377 e. The third kappa shape index (κ3) is 2.57. The van der Waals surface area contributed by atoms with Gasteiger partial charge < -0.3 is 15.2 Å². The molecule has 0 bridgehead atoms. The van der Waals surface area contributed by atoms with Crippen LogP contribution in [0, 0.1) is 0 Å². The van der Waals surface area contributed by atoms with Gasteiger partial charge in [0, 0.05) is 31.3 Å². The number of rotatable bonds is 3. The molecule has 2 heterocycles. The Labute approximate surface area is 111 Å². The van der Waals surface area contributed by atoms with Crippen molar-refractivity contribution in [3.8, 4) is 0 Å². The van der Waals surface area contributed by atoms with Gasteiger partial charge in [0.25, 0.3) is 0 Å². The molecule has 2 saturated heterocycles. The van der Waals surface area contributed by atoms with Crippen LogP contribution < -0.4 is 5.73 Å². The first-order chi connectivity index (χ1) is 8.40. The Morgan fingerprint density at radius 3 is 2.56 bits per heavy atom. The smallest absolute Gasteiger partial charge is 0.0703 e. The highest BCUT2D eigenvalue weighted by molar-refractivity contribution is 5.01. The molecule has 3 atom stereocenters. The van der Waals surface area contributed by atoms with Crippen molar-refractivity contribution in [1.82, 2.24) is 4.90 Å². The zero-order valence-corrected chi connectivity index (χ0v) is 12.2. The monoisotopic (exact) mass is 256 g/mol. The summed E-state index contributed by atoms with van der Waals surface area (Å²) in [5.41, 5.74) is 6.12.